The molecule has 0 amide bonds. The molecule has 1 heterocycles. The Kier molecular flexibility index (Phi) is 3.08. The monoisotopic (exact) mass is 235 g/mol. The van der Waals surface area contributed by atoms with E-state index in [2.05, 4.69) is 23.8 Å². The lowest BCUT2D eigenvalue weighted by molar-refractivity contribution is 0.0909. The normalized spacial score (nSPS) is 18.5. The van der Waals surface area contributed by atoms with E-state index in [4.69, 9.17) is 0 Å². The Bertz CT molecular complexity index is 432. The van der Waals surface area contributed by atoms with Gasteiger partial charge < -0.3 is 4.90 Å². The van der Waals surface area contributed by atoms with Gasteiger partial charge >= 0.3 is 0 Å². The molecule has 0 saturated heterocycles. The first-order valence-corrected chi connectivity index (χ1v) is 6.12. The van der Waals surface area contributed by atoms with Crippen molar-refractivity contribution in [2.45, 2.75) is 33.2 Å². The summed E-state index contributed by atoms with van der Waals surface area (Å²) >= 11 is 0. The third kappa shape index (κ3) is 2.57. The molecule has 1 aromatic heterocycles. The van der Waals surface area contributed by atoms with Crippen LogP contribution in [0.25, 0.3) is 0 Å². The van der Waals surface area contributed by atoms with Crippen molar-refractivity contribution >= 4 is 5.78 Å². The first-order chi connectivity index (χ1) is 7.89. The zero-order chi connectivity index (χ0) is 12.6. The molecular weight excluding hydrogens is 214 g/mol. The van der Waals surface area contributed by atoms with Crippen LogP contribution in [0.3, 0.4) is 0 Å². The Morgan fingerprint density at radius 2 is 2.12 bits per heavy atom. The average molecular weight is 235 g/mol. The van der Waals surface area contributed by atoms with Crippen LogP contribution < -0.4 is 0 Å². The summed E-state index contributed by atoms with van der Waals surface area (Å²) in [5.41, 5.74) is 2.02. The van der Waals surface area contributed by atoms with Gasteiger partial charge in [0.25, 0.3) is 0 Å². The van der Waals surface area contributed by atoms with Gasteiger partial charge in [-0.25, -0.2) is 0 Å². The number of likely N-dealkylation sites (N-methyl/N-ethyl adjacent to an activating group) is 1. The molecule has 0 aromatic carbocycles. The summed E-state index contributed by atoms with van der Waals surface area (Å²) < 4.78 is 1.99. The number of nitrogens with zero attached hydrogens (tertiary/aromatic N) is 3. The molecule has 0 N–H and O–H groups in total. The zero-order valence-corrected chi connectivity index (χ0v) is 11.2. The molecule has 1 aliphatic carbocycles. The molecule has 0 unspecified atom stereocenters. The van der Waals surface area contributed by atoms with Crippen molar-refractivity contribution in [2.24, 2.45) is 5.41 Å². The van der Waals surface area contributed by atoms with Gasteiger partial charge in [0.2, 0.25) is 0 Å². The highest BCUT2D eigenvalue weighted by atomic mass is 16.1. The van der Waals surface area contributed by atoms with E-state index < -0.39 is 0 Å². The van der Waals surface area contributed by atoms with Crippen LogP contribution in [0.4, 0.5) is 0 Å². The number of hydrogen-bond acceptors (Lipinski definition) is 3. The van der Waals surface area contributed by atoms with Crippen molar-refractivity contribution in [1.29, 1.82) is 0 Å². The van der Waals surface area contributed by atoms with Crippen LogP contribution in [0.15, 0.2) is 6.20 Å². The van der Waals surface area contributed by atoms with Gasteiger partial charge in [0.1, 0.15) is 0 Å². The maximum atomic E-state index is 12.0. The molecule has 0 saturated carbocycles. The molecule has 17 heavy (non-hydrogen) atoms. The molecule has 4 heteroatoms. The maximum Gasteiger partial charge on any atom is 0.166 e. The topological polar surface area (TPSA) is 38.1 Å². The van der Waals surface area contributed by atoms with Crippen LogP contribution >= 0.6 is 0 Å². The van der Waals surface area contributed by atoms with E-state index in [1.807, 2.05) is 18.8 Å². The van der Waals surface area contributed by atoms with Crippen LogP contribution in [0, 0.1) is 5.41 Å². The minimum atomic E-state index is 0.0694. The molecule has 0 bridgehead atoms. The van der Waals surface area contributed by atoms with Crippen molar-refractivity contribution in [1.82, 2.24) is 14.7 Å². The highest BCUT2D eigenvalue weighted by Gasteiger charge is 2.33. The quantitative estimate of drug-likeness (QED) is 0.798. The highest BCUT2D eigenvalue weighted by molar-refractivity contribution is 5.98. The molecule has 4 nitrogen and oxygen atoms in total. The summed E-state index contributed by atoms with van der Waals surface area (Å²) in [6.45, 7) is 6.10. The smallest absolute Gasteiger partial charge is 0.166 e. The van der Waals surface area contributed by atoms with Crippen molar-refractivity contribution in [3.8, 4) is 0 Å². The first kappa shape index (κ1) is 12.3. The Balaban J connectivity index is 2.25. The van der Waals surface area contributed by atoms with Crippen molar-refractivity contribution < 1.29 is 4.79 Å². The summed E-state index contributed by atoms with van der Waals surface area (Å²) in [5, 5.41) is 4.35. The summed E-state index contributed by atoms with van der Waals surface area (Å²) in [6, 6.07) is 0. The van der Waals surface area contributed by atoms with Crippen molar-refractivity contribution in [3.63, 3.8) is 0 Å². The second-order valence-corrected chi connectivity index (χ2v) is 5.97. The van der Waals surface area contributed by atoms with Crippen LogP contribution in [0.2, 0.25) is 0 Å². The maximum absolute atomic E-state index is 12.0. The minimum Gasteiger partial charge on any atom is -0.308 e. The van der Waals surface area contributed by atoms with E-state index in [1.165, 1.54) is 0 Å². The van der Waals surface area contributed by atoms with Gasteiger partial charge in [-0.1, -0.05) is 13.8 Å². The third-order valence-electron chi connectivity index (χ3n) is 3.29. The van der Waals surface area contributed by atoms with Crippen LogP contribution in [-0.2, 0) is 13.0 Å². The van der Waals surface area contributed by atoms with Crippen LogP contribution in [0.1, 0.15) is 36.3 Å². The Labute approximate surface area is 103 Å². The largest absolute Gasteiger partial charge is 0.308 e. The van der Waals surface area contributed by atoms with E-state index in [1.54, 1.807) is 6.20 Å². The number of ketones is 1. The second kappa shape index (κ2) is 4.26. The number of carbonyl (C=O) groups is 1. The standard InChI is InChI=1S/C13H21N3O/c1-13(2)7-11-10(12(17)8-13)9-14-16(11)6-5-15(3)4/h9H,5-8H2,1-4H3. The van der Waals surface area contributed by atoms with Gasteiger partial charge in [-0.05, 0) is 25.9 Å². The van der Waals surface area contributed by atoms with E-state index in [-0.39, 0.29) is 11.2 Å². The summed E-state index contributed by atoms with van der Waals surface area (Å²) in [5.74, 6) is 0.243. The lowest BCUT2D eigenvalue weighted by Gasteiger charge is -2.29. The molecule has 1 aliphatic rings. The third-order valence-corrected chi connectivity index (χ3v) is 3.29. The summed E-state index contributed by atoms with van der Waals surface area (Å²) in [7, 11) is 4.09. The minimum absolute atomic E-state index is 0.0694. The van der Waals surface area contributed by atoms with E-state index in [0.717, 1.165) is 30.8 Å². The fourth-order valence-electron chi connectivity index (χ4n) is 2.36. The number of carbonyl (C=O) groups excluding carboxylic acids is 1. The second-order valence-electron chi connectivity index (χ2n) is 5.97. The van der Waals surface area contributed by atoms with Crippen LogP contribution in [-0.4, -0.2) is 41.1 Å². The van der Waals surface area contributed by atoms with Gasteiger partial charge in [0.15, 0.2) is 5.78 Å². The fraction of sp³-hybridized carbons (Fsp3) is 0.692. The summed E-state index contributed by atoms with van der Waals surface area (Å²) in [6.07, 6.45) is 3.32. The van der Waals surface area contributed by atoms with Crippen LogP contribution in [0.5, 0.6) is 0 Å². The predicted octanol–water partition coefficient (Wildman–Crippen LogP) is 1.60. The molecule has 0 atom stereocenters. The summed E-state index contributed by atoms with van der Waals surface area (Å²) in [4.78, 5) is 14.1. The highest BCUT2D eigenvalue weighted by Crippen LogP contribution is 2.34. The molecule has 2 rings (SSSR count). The van der Waals surface area contributed by atoms with Crippen molar-refractivity contribution in [2.75, 3.05) is 20.6 Å². The lowest BCUT2D eigenvalue weighted by atomic mass is 9.76. The number of Topliss-reactive ketones (excluding diaryl/α,β-unsaturated/α-hetero) is 1. The van der Waals surface area contributed by atoms with Gasteiger partial charge in [-0.15, -0.1) is 0 Å². The molecule has 0 radical (unpaired) electrons. The van der Waals surface area contributed by atoms with E-state index in [9.17, 15) is 4.79 Å². The average Bonchev–Trinajstić information content (AvgIpc) is 2.56. The molecule has 94 valence electrons. The Morgan fingerprint density at radius 1 is 1.41 bits per heavy atom. The van der Waals surface area contributed by atoms with Gasteiger partial charge in [-0.2, -0.15) is 5.10 Å². The van der Waals surface area contributed by atoms with Crippen molar-refractivity contribution in [3.05, 3.63) is 17.5 Å². The molecule has 0 spiro atoms. The van der Waals surface area contributed by atoms with Gasteiger partial charge in [0.05, 0.1) is 18.3 Å². The number of aromatic nitrogens is 2. The van der Waals surface area contributed by atoms with Gasteiger partial charge in [0, 0.05) is 18.7 Å². The zero-order valence-electron chi connectivity index (χ0n) is 11.2. The lowest BCUT2D eigenvalue weighted by Crippen LogP contribution is -2.29. The first-order valence-electron chi connectivity index (χ1n) is 6.12. The van der Waals surface area contributed by atoms with Gasteiger partial charge in [-0.3, -0.25) is 9.48 Å². The fourth-order valence-corrected chi connectivity index (χ4v) is 2.36. The van der Waals surface area contributed by atoms with E-state index >= 15 is 0 Å². The number of hydrogen-bond donors (Lipinski definition) is 0. The number of fused-ring (bicyclic) bond motifs is 1. The number of rotatable bonds is 3. The molecular formula is C13H21N3O. The predicted molar refractivity (Wildman–Crippen MR) is 67.2 cm³/mol. The molecule has 0 fully saturated rings. The van der Waals surface area contributed by atoms with E-state index in [0.29, 0.717) is 6.42 Å². The SMILES string of the molecule is CN(C)CCn1ncc2c1CC(C)(C)CC2=O. The Hall–Kier alpha value is -1.16. The Morgan fingerprint density at radius 3 is 2.76 bits per heavy atom. The molecule has 1 aromatic rings. The molecule has 0 aliphatic heterocycles.